The highest BCUT2D eigenvalue weighted by Gasteiger charge is 2.20. The Bertz CT molecular complexity index is 1190. The molecule has 0 aliphatic heterocycles. The van der Waals surface area contributed by atoms with Gasteiger partial charge in [-0.25, -0.2) is 9.48 Å². The predicted octanol–water partition coefficient (Wildman–Crippen LogP) is 4.48. The van der Waals surface area contributed by atoms with E-state index in [9.17, 15) is 9.59 Å². The number of rotatable bonds is 5. The van der Waals surface area contributed by atoms with Crippen molar-refractivity contribution in [2.75, 3.05) is 12.4 Å². The van der Waals surface area contributed by atoms with Crippen molar-refractivity contribution in [2.24, 2.45) is 0 Å². The number of carbonyl (C=O) groups excluding carboxylic acids is 2. The lowest BCUT2D eigenvalue weighted by Gasteiger charge is -2.11. The molecule has 0 unspecified atom stereocenters. The number of nitrogens with zero attached hydrogens (tertiary/aromatic N) is 2. The number of methoxy groups -OCH3 is 1. The van der Waals surface area contributed by atoms with Crippen molar-refractivity contribution < 1.29 is 18.7 Å². The standard InChI is InChI=1S/C23H19N3O4/c1-15-10-11-16(23(28)29-2)13-18(15)24-22(27)20-14-19(21-9-6-12-30-21)25-26(20)17-7-4-3-5-8-17/h3-14H,1-2H3,(H,24,27). The van der Waals surface area contributed by atoms with Crippen molar-refractivity contribution in [3.05, 3.63) is 89.8 Å². The van der Waals surface area contributed by atoms with Crippen LogP contribution in [0.1, 0.15) is 26.4 Å². The van der Waals surface area contributed by atoms with Gasteiger partial charge in [-0.1, -0.05) is 24.3 Å². The molecule has 0 bridgehead atoms. The quantitative estimate of drug-likeness (QED) is 0.498. The summed E-state index contributed by atoms with van der Waals surface area (Å²) in [4.78, 5) is 25.0. The number of benzene rings is 2. The second kappa shape index (κ2) is 8.08. The van der Waals surface area contributed by atoms with Crippen LogP contribution in [0.4, 0.5) is 5.69 Å². The van der Waals surface area contributed by atoms with Gasteiger partial charge in [-0.15, -0.1) is 0 Å². The number of nitrogens with one attached hydrogen (secondary N) is 1. The van der Waals surface area contributed by atoms with Crippen molar-refractivity contribution in [3.63, 3.8) is 0 Å². The second-order valence-corrected chi connectivity index (χ2v) is 6.61. The van der Waals surface area contributed by atoms with Crippen LogP contribution in [0.3, 0.4) is 0 Å². The normalized spacial score (nSPS) is 10.6. The first-order valence-electron chi connectivity index (χ1n) is 9.26. The maximum absolute atomic E-state index is 13.2. The number of hydrogen-bond donors (Lipinski definition) is 1. The SMILES string of the molecule is COC(=O)c1ccc(C)c(NC(=O)c2cc(-c3ccco3)nn2-c2ccccc2)c1. The van der Waals surface area contributed by atoms with Crippen molar-refractivity contribution in [3.8, 4) is 17.1 Å². The molecule has 2 aromatic carbocycles. The summed E-state index contributed by atoms with van der Waals surface area (Å²) in [5.41, 5.74) is 3.28. The molecule has 0 fully saturated rings. The van der Waals surface area contributed by atoms with Gasteiger partial charge in [-0.3, -0.25) is 4.79 Å². The zero-order valence-electron chi connectivity index (χ0n) is 16.5. The highest BCUT2D eigenvalue weighted by atomic mass is 16.5. The molecule has 1 N–H and O–H groups in total. The van der Waals surface area contributed by atoms with Gasteiger partial charge in [0.2, 0.25) is 0 Å². The third kappa shape index (κ3) is 3.73. The molecule has 0 saturated carbocycles. The number of esters is 1. The molecule has 30 heavy (non-hydrogen) atoms. The number of furan rings is 1. The van der Waals surface area contributed by atoms with Crippen molar-refractivity contribution in [1.82, 2.24) is 9.78 Å². The van der Waals surface area contributed by atoms with Crippen LogP contribution in [0, 0.1) is 6.92 Å². The van der Waals surface area contributed by atoms with E-state index in [0.717, 1.165) is 11.3 Å². The van der Waals surface area contributed by atoms with Crippen molar-refractivity contribution >= 4 is 17.6 Å². The molecule has 0 aliphatic carbocycles. The van der Waals surface area contributed by atoms with Gasteiger partial charge in [-0.05, 0) is 48.9 Å². The summed E-state index contributed by atoms with van der Waals surface area (Å²) in [6, 6.07) is 19.6. The van der Waals surface area contributed by atoms with Crippen LogP contribution in [-0.4, -0.2) is 28.8 Å². The van der Waals surface area contributed by atoms with E-state index in [0.29, 0.717) is 28.4 Å². The average Bonchev–Trinajstić information content (AvgIpc) is 3.45. The maximum Gasteiger partial charge on any atom is 0.337 e. The molecule has 4 rings (SSSR count). The van der Waals surface area contributed by atoms with Gasteiger partial charge in [0.1, 0.15) is 11.4 Å². The van der Waals surface area contributed by atoms with E-state index in [1.807, 2.05) is 37.3 Å². The fourth-order valence-electron chi connectivity index (χ4n) is 3.04. The molecule has 0 aliphatic rings. The Hall–Kier alpha value is -4.13. The Kier molecular flexibility index (Phi) is 5.17. The largest absolute Gasteiger partial charge is 0.465 e. The number of carbonyl (C=O) groups is 2. The predicted molar refractivity (Wildman–Crippen MR) is 112 cm³/mol. The van der Waals surface area contributed by atoms with Gasteiger partial charge in [0.05, 0.1) is 24.6 Å². The number of aryl methyl sites for hydroxylation is 1. The molecule has 0 atom stereocenters. The molecule has 150 valence electrons. The molecule has 7 nitrogen and oxygen atoms in total. The Morgan fingerprint density at radius 2 is 1.83 bits per heavy atom. The van der Waals surface area contributed by atoms with Gasteiger partial charge in [-0.2, -0.15) is 5.10 Å². The number of para-hydroxylation sites is 1. The zero-order chi connectivity index (χ0) is 21.1. The summed E-state index contributed by atoms with van der Waals surface area (Å²) in [5, 5.41) is 7.43. The lowest BCUT2D eigenvalue weighted by atomic mass is 10.1. The number of ether oxygens (including phenoxy) is 1. The lowest BCUT2D eigenvalue weighted by molar-refractivity contribution is 0.0600. The summed E-state index contributed by atoms with van der Waals surface area (Å²) in [5.74, 6) is -0.281. The lowest BCUT2D eigenvalue weighted by Crippen LogP contribution is -2.18. The second-order valence-electron chi connectivity index (χ2n) is 6.61. The van der Waals surface area contributed by atoms with E-state index in [4.69, 9.17) is 9.15 Å². The fourth-order valence-corrected chi connectivity index (χ4v) is 3.04. The van der Waals surface area contributed by atoms with E-state index in [1.54, 1.807) is 47.3 Å². The number of amides is 1. The number of aromatic nitrogens is 2. The molecule has 2 heterocycles. The van der Waals surface area contributed by atoms with Crippen LogP contribution in [0.25, 0.3) is 17.1 Å². The molecule has 2 aromatic heterocycles. The molecule has 0 spiro atoms. The van der Waals surface area contributed by atoms with Crippen LogP contribution >= 0.6 is 0 Å². The highest BCUT2D eigenvalue weighted by Crippen LogP contribution is 2.24. The number of anilines is 1. The van der Waals surface area contributed by atoms with E-state index in [1.165, 1.54) is 7.11 Å². The Morgan fingerprint density at radius 3 is 2.53 bits per heavy atom. The third-order valence-corrected chi connectivity index (χ3v) is 4.62. The smallest absolute Gasteiger partial charge is 0.337 e. The monoisotopic (exact) mass is 401 g/mol. The van der Waals surface area contributed by atoms with Crippen LogP contribution in [-0.2, 0) is 4.74 Å². The van der Waals surface area contributed by atoms with E-state index >= 15 is 0 Å². The first kappa shape index (κ1) is 19.2. The molecule has 4 aromatic rings. The van der Waals surface area contributed by atoms with Crippen LogP contribution in [0.15, 0.2) is 77.4 Å². The van der Waals surface area contributed by atoms with Crippen LogP contribution in [0.2, 0.25) is 0 Å². The van der Waals surface area contributed by atoms with E-state index < -0.39 is 5.97 Å². The average molecular weight is 401 g/mol. The Labute approximate surface area is 172 Å². The summed E-state index contributed by atoms with van der Waals surface area (Å²) < 4.78 is 11.8. The van der Waals surface area contributed by atoms with Gasteiger partial charge in [0.15, 0.2) is 5.76 Å². The molecular weight excluding hydrogens is 382 g/mol. The van der Waals surface area contributed by atoms with Crippen LogP contribution < -0.4 is 5.32 Å². The minimum Gasteiger partial charge on any atom is -0.465 e. The highest BCUT2D eigenvalue weighted by molar-refractivity contribution is 6.05. The van der Waals surface area contributed by atoms with Gasteiger partial charge in [0, 0.05) is 11.8 Å². The minimum absolute atomic E-state index is 0.329. The summed E-state index contributed by atoms with van der Waals surface area (Å²) in [6.07, 6.45) is 1.55. The summed E-state index contributed by atoms with van der Waals surface area (Å²) >= 11 is 0. The minimum atomic E-state index is -0.472. The van der Waals surface area contributed by atoms with Gasteiger partial charge >= 0.3 is 5.97 Å². The molecular formula is C23H19N3O4. The van der Waals surface area contributed by atoms with E-state index in [-0.39, 0.29) is 5.91 Å². The summed E-state index contributed by atoms with van der Waals surface area (Å²) in [7, 11) is 1.31. The molecule has 0 radical (unpaired) electrons. The first-order chi connectivity index (χ1) is 14.6. The topological polar surface area (TPSA) is 86.4 Å². The maximum atomic E-state index is 13.2. The molecule has 7 heteroatoms. The Balaban J connectivity index is 1.73. The third-order valence-electron chi connectivity index (χ3n) is 4.62. The van der Waals surface area contributed by atoms with Gasteiger partial charge < -0.3 is 14.5 Å². The van der Waals surface area contributed by atoms with Crippen molar-refractivity contribution in [2.45, 2.75) is 6.92 Å². The van der Waals surface area contributed by atoms with Gasteiger partial charge in [0.25, 0.3) is 5.91 Å². The molecule has 0 saturated heterocycles. The van der Waals surface area contributed by atoms with E-state index in [2.05, 4.69) is 10.4 Å². The Morgan fingerprint density at radius 1 is 1.03 bits per heavy atom. The first-order valence-corrected chi connectivity index (χ1v) is 9.26. The summed E-state index contributed by atoms with van der Waals surface area (Å²) in [6.45, 7) is 1.85. The molecule has 1 amide bonds. The zero-order valence-corrected chi connectivity index (χ0v) is 16.5. The number of hydrogen-bond acceptors (Lipinski definition) is 5. The fraction of sp³-hybridized carbons (Fsp3) is 0.0870. The van der Waals surface area contributed by atoms with Crippen molar-refractivity contribution in [1.29, 1.82) is 0 Å². The van der Waals surface area contributed by atoms with Crippen LogP contribution in [0.5, 0.6) is 0 Å².